The maximum absolute atomic E-state index is 13.3. The minimum atomic E-state index is -0.311. The van der Waals surface area contributed by atoms with E-state index in [0.29, 0.717) is 28.1 Å². The van der Waals surface area contributed by atoms with E-state index in [4.69, 9.17) is 4.52 Å². The Labute approximate surface area is 189 Å². The Kier molecular flexibility index (Phi) is 6.23. The summed E-state index contributed by atoms with van der Waals surface area (Å²) in [6, 6.07) is 18.8. The van der Waals surface area contributed by atoms with Gasteiger partial charge in [-0.15, -0.1) is 11.8 Å². The lowest BCUT2D eigenvalue weighted by molar-refractivity contribution is -0.116. The molecule has 0 aliphatic rings. The van der Waals surface area contributed by atoms with Crippen LogP contribution in [0.4, 0.5) is 5.69 Å². The van der Waals surface area contributed by atoms with Crippen LogP contribution in [0.1, 0.15) is 16.1 Å². The Bertz CT molecular complexity index is 1290. The van der Waals surface area contributed by atoms with Crippen molar-refractivity contribution in [3.05, 3.63) is 71.9 Å². The fourth-order valence-corrected chi connectivity index (χ4v) is 4.00. The maximum Gasteiger partial charge on any atom is 0.259 e. The summed E-state index contributed by atoms with van der Waals surface area (Å²) in [7, 11) is 1.60. The third-order valence-corrected chi connectivity index (χ3v) is 5.82. The van der Waals surface area contributed by atoms with Gasteiger partial charge >= 0.3 is 0 Å². The number of thioether (sulfide) groups is 1. The molecule has 0 aliphatic carbocycles. The number of hydrogen-bond donors (Lipinski definition) is 1. The summed E-state index contributed by atoms with van der Waals surface area (Å²) in [6.45, 7) is 1.66. The van der Waals surface area contributed by atoms with Gasteiger partial charge in [-0.3, -0.25) is 9.59 Å². The molecule has 2 aromatic heterocycles. The second-order valence-electron chi connectivity index (χ2n) is 7.28. The number of nitrogens with zero attached hydrogens (tertiary/aromatic N) is 3. The molecule has 32 heavy (non-hydrogen) atoms. The molecule has 0 atom stereocenters. The van der Waals surface area contributed by atoms with Gasteiger partial charge in [0.2, 0.25) is 5.91 Å². The molecule has 0 saturated carbocycles. The zero-order valence-electron chi connectivity index (χ0n) is 18.0. The van der Waals surface area contributed by atoms with Crippen LogP contribution >= 0.6 is 11.8 Å². The number of pyridine rings is 1. The molecule has 4 aromatic rings. The first-order valence-electron chi connectivity index (χ1n) is 9.98. The number of aromatic nitrogens is 2. The van der Waals surface area contributed by atoms with Crippen LogP contribution in [0.15, 0.2) is 70.1 Å². The number of hydrogen-bond acceptors (Lipinski definition) is 6. The van der Waals surface area contributed by atoms with Crippen molar-refractivity contribution in [3.8, 4) is 11.3 Å². The molecule has 8 heteroatoms. The highest BCUT2D eigenvalue weighted by Gasteiger charge is 2.23. The molecule has 0 unspecified atom stereocenters. The molecule has 162 valence electrons. The summed E-state index contributed by atoms with van der Waals surface area (Å²) < 4.78 is 5.35. The lowest BCUT2D eigenvalue weighted by atomic mass is 10.0. The second kappa shape index (κ2) is 9.23. The van der Waals surface area contributed by atoms with E-state index in [9.17, 15) is 9.59 Å². The Balaban J connectivity index is 1.61. The number of rotatable bonds is 6. The van der Waals surface area contributed by atoms with Crippen LogP contribution in [-0.4, -0.2) is 46.7 Å². The Morgan fingerprint density at radius 2 is 1.81 bits per heavy atom. The lowest BCUT2D eigenvalue weighted by Crippen LogP contribution is -2.35. The lowest BCUT2D eigenvalue weighted by Gasteiger charge is -2.18. The van der Waals surface area contributed by atoms with E-state index in [1.807, 2.05) is 60.9 Å². The first-order valence-corrected chi connectivity index (χ1v) is 11.2. The van der Waals surface area contributed by atoms with Crippen LogP contribution in [0.2, 0.25) is 0 Å². The van der Waals surface area contributed by atoms with E-state index in [2.05, 4.69) is 15.5 Å². The van der Waals surface area contributed by atoms with Crippen LogP contribution in [0.25, 0.3) is 22.4 Å². The summed E-state index contributed by atoms with van der Waals surface area (Å²) in [5.74, 6) is -0.591. The monoisotopic (exact) mass is 446 g/mol. The third kappa shape index (κ3) is 4.36. The van der Waals surface area contributed by atoms with Gasteiger partial charge in [0.15, 0.2) is 0 Å². The molecular weight excluding hydrogens is 424 g/mol. The minimum Gasteiger partial charge on any atom is -0.335 e. The molecule has 2 aromatic carbocycles. The molecule has 0 bridgehead atoms. The molecule has 7 nitrogen and oxygen atoms in total. The highest BCUT2D eigenvalue weighted by atomic mass is 32.2. The molecular formula is C24H22N4O3S. The van der Waals surface area contributed by atoms with Crippen LogP contribution in [-0.2, 0) is 4.79 Å². The molecule has 0 saturated heterocycles. The Morgan fingerprint density at radius 1 is 1.09 bits per heavy atom. The van der Waals surface area contributed by atoms with E-state index >= 15 is 0 Å². The normalized spacial score (nSPS) is 10.8. The fourth-order valence-electron chi connectivity index (χ4n) is 3.45. The second-order valence-corrected chi connectivity index (χ2v) is 8.13. The number of fused-ring (bicyclic) bond motifs is 1. The number of para-hydroxylation sites is 1. The summed E-state index contributed by atoms with van der Waals surface area (Å²) >= 11 is 1.54. The predicted octanol–water partition coefficient (Wildman–Crippen LogP) is 4.63. The quantitative estimate of drug-likeness (QED) is 0.435. The van der Waals surface area contributed by atoms with Crippen molar-refractivity contribution in [2.45, 2.75) is 11.8 Å². The van der Waals surface area contributed by atoms with Gasteiger partial charge in [0, 0.05) is 17.5 Å². The van der Waals surface area contributed by atoms with Crippen molar-refractivity contribution in [3.63, 3.8) is 0 Å². The highest BCUT2D eigenvalue weighted by molar-refractivity contribution is 7.98. The summed E-state index contributed by atoms with van der Waals surface area (Å²) in [6.07, 6.45) is 1.95. The first-order chi connectivity index (χ1) is 15.5. The summed E-state index contributed by atoms with van der Waals surface area (Å²) in [4.78, 5) is 32.8. The van der Waals surface area contributed by atoms with Crippen molar-refractivity contribution in [2.24, 2.45) is 0 Å². The zero-order chi connectivity index (χ0) is 22.7. The number of carbonyl (C=O) groups excluding carboxylic acids is 2. The minimum absolute atomic E-state index is 0.101. The number of amides is 2. The van der Waals surface area contributed by atoms with Crippen molar-refractivity contribution >= 4 is 40.4 Å². The van der Waals surface area contributed by atoms with E-state index in [0.717, 1.165) is 16.1 Å². The number of nitrogens with one attached hydrogen (secondary N) is 1. The van der Waals surface area contributed by atoms with Gasteiger partial charge < -0.3 is 14.7 Å². The van der Waals surface area contributed by atoms with Gasteiger partial charge in [-0.25, -0.2) is 4.98 Å². The number of likely N-dealkylation sites (N-methyl/N-ethyl adjacent to an activating group) is 1. The van der Waals surface area contributed by atoms with Crippen molar-refractivity contribution < 1.29 is 14.1 Å². The van der Waals surface area contributed by atoms with Gasteiger partial charge in [0.05, 0.1) is 34.6 Å². The molecule has 0 spiro atoms. The van der Waals surface area contributed by atoms with Crippen LogP contribution in [0, 0.1) is 6.92 Å². The average molecular weight is 447 g/mol. The number of carbonyl (C=O) groups is 2. The topological polar surface area (TPSA) is 88.3 Å². The predicted molar refractivity (Wildman–Crippen MR) is 126 cm³/mol. The van der Waals surface area contributed by atoms with Crippen LogP contribution in [0.3, 0.4) is 0 Å². The molecule has 0 radical (unpaired) electrons. The van der Waals surface area contributed by atoms with Crippen molar-refractivity contribution in [1.29, 1.82) is 0 Å². The smallest absolute Gasteiger partial charge is 0.259 e. The van der Waals surface area contributed by atoms with Crippen LogP contribution in [0.5, 0.6) is 0 Å². The largest absolute Gasteiger partial charge is 0.335 e. The van der Waals surface area contributed by atoms with Gasteiger partial charge in [-0.05, 0) is 31.4 Å². The van der Waals surface area contributed by atoms with Gasteiger partial charge in [-0.1, -0.05) is 47.6 Å². The zero-order valence-corrected chi connectivity index (χ0v) is 18.8. The number of aryl methyl sites for hydroxylation is 1. The number of anilines is 1. The number of benzene rings is 2. The molecule has 2 amide bonds. The van der Waals surface area contributed by atoms with Crippen molar-refractivity contribution in [2.75, 3.05) is 25.2 Å². The highest BCUT2D eigenvalue weighted by Crippen LogP contribution is 2.28. The SMILES string of the molecule is CSc1ccccc1NC(=O)CN(C)C(=O)c1cc(-c2ccccc2)nc2onc(C)c12. The fraction of sp³-hybridized carbons (Fsp3) is 0.167. The average Bonchev–Trinajstić information content (AvgIpc) is 3.19. The van der Waals surface area contributed by atoms with Gasteiger partial charge in [0.1, 0.15) is 0 Å². The first kappa shape index (κ1) is 21.6. The van der Waals surface area contributed by atoms with Gasteiger partial charge in [-0.2, -0.15) is 0 Å². The van der Waals surface area contributed by atoms with Crippen LogP contribution < -0.4 is 5.32 Å². The van der Waals surface area contributed by atoms with Gasteiger partial charge in [0.25, 0.3) is 11.6 Å². The molecule has 4 rings (SSSR count). The van der Waals surface area contributed by atoms with E-state index in [-0.39, 0.29) is 18.4 Å². The summed E-state index contributed by atoms with van der Waals surface area (Å²) in [5.41, 5.74) is 3.43. The van der Waals surface area contributed by atoms with E-state index in [1.165, 1.54) is 4.90 Å². The molecule has 2 heterocycles. The van der Waals surface area contributed by atoms with E-state index in [1.54, 1.807) is 31.8 Å². The standard InChI is InChI=1S/C24H22N4O3S/c1-15-22-17(13-19(26-23(22)31-27-15)16-9-5-4-6-10-16)24(30)28(2)14-21(29)25-18-11-7-8-12-20(18)32-3/h4-13H,14H2,1-3H3,(H,25,29). The Morgan fingerprint density at radius 3 is 2.56 bits per heavy atom. The molecule has 0 aliphatic heterocycles. The maximum atomic E-state index is 13.3. The molecule has 0 fully saturated rings. The van der Waals surface area contributed by atoms with E-state index < -0.39 is 0 Å². The third-order valence-electron chi connectivity index (χ3n) is 5.03. The van der Waals surface area contributed by atoms with Crippen molar-refractivity contribution in [1.82, 2.24) is 15.0 Å². The summed E-state index contributed by atoms with van der Waals surface area (Å²) in [5, 5.41) is 7.41. The molecule has 1 N–H and O–H groups in total. The Hall–Kier alpha value is -3.65.